The van der Waals surface area contributed by atoms with Crippen molar-refractivity contribution in [1.29, 1.82) is 0 Å². The number of hydrogen-bond donors (Lipinski definition) is 5. The van der Waals surface area contributed by atoms with Crippen LogP contribution in [0.3, 0.4) is 0 Å². The van der Waals surface area contributed by atoms with Gasteiger partial charge in [-0.3, -0.25) is 4.79 Å². The highest BCUT2D eigenvalue weighted by atomic mass is 16.7. The van der Waals surface area contributed by atoms with E-state index in [9.17, 15) is 30.3 Å². The Kier molecular flexibility index (Phi) is 6.67. The summed E-state index contributed by atoms with van der Waals surface area (Å²) in [7, 11) is 2.72. The highest BCUT2D eigenvalue weighted by Gasteiger charge is 2.45. The van der Waals surface area contributed by atoms with E-state index in [2.05, 4.69) is 0 Å². The van der Waals surface area contributed by atoms with E-state index >= 15 is 0 Å². The van der Waals surface area contributed by atoms with Gasteiger partial charge in [0.05, 0.1) is 38.3 Å². The number of aliphatic hydroxyl groups is 4. The number of ether oxygens (including phenoxy) is 4. The van der Waals surface area contributed by atoms with E-state index in [0.717, 1.165) is 0 Å². The zero-order valence-electron chi connectivity index (χ0n) is 20.6. The first-order valence-electron chi connectivity index (χ1n) is 11.6. The van der Waals surface area contributed by atoms with Crippen molar-refractivity contribution in [2.24, 2.45) is 0 Å². The fourth-order valence-corrected chi connectivity index (χ4v) is 4.55. The Labute approximate surface area is 214 Å². The minimum atomic E-state index is -1.70. The topological polar surface area (TPSA) is 186 Å². The van der Waals surface area contributed by atoms with E-state index in [1.54, 1.807) is 13.0 Å². The molecule has 5 unspecified atom stereocenters. The summed E-state index contributed by atoms with van der Waals surface area (Å²) < 4.78 is 34.2. The molecule has 202 valence electrons. The van der Waals surface area contributed by atoms with Gasteiger partial charge in [0.2, 0.25) is 12.0 Å². The number of rotatable bonds is 6. The van der Waals surface area contributed by atoms with E-state index in [-0.39, 0.29) is 45.4 Å². The van der Waals surface area contributed by atoms with Crippen LogP contribution in [-0.4, -0.2) is 81.9 Å². The third-order valence-electron chi connectivity index (χ3n) is 6.43. The van der Waals surface area contributed by atoms with Crippen molar-refractivity contribution < 1.29 is 58.1 Å². The summed E-state index contributed by atoms with van der Waals surface area (Å²) >= 11 is 0. The lowest BCUT2D eigenvalue weighted by atomic mass is 9.99. The maximum atomic E-state index is 10.7. The van der Waals surface area contributed by atoms with Gasteiger partial charge in [-0.05, 0) is 25.1 Å². The first kappa shape index (κ1) is 25.8. The monoisotopic (exact) mass is 531 g/mol. The Morgan fingerprint density at radius 1 is 0.895 bits per heavy atom. The van der Waals surface area contributed by atoms with Crippen molar-refractivity contribution in [3.05, 3.63) is 41.5 Å². The minimum absolute atomic E-state index is 0.0335. The Bertz CT molecular complexity index is 1530. The first-order valence-corrected chi connectivity index (χ1v) is 11.6. The van der Waals surface area contributed by atoms with Gasteiger partial charge >= 0.3 is 5.43 Å². The summed E-state index contributed by atoms with van der Waals surface area (Å²) in [5, 5.41) is 52.1. The van der Waals surface area contributed by atoms with E-state index in [0.29, 0.717) is 22.1 Å². The molecule has 0 saturated carbocycles. The third-order valence-corrected chi connectivity index (χ3v) is 6.43. The molecule has 2 aromatic carbocycles. The van der Waals surface area contributed by atoms with Gasteiger partial charge in [-0.25, -0.2) is 0 Å². The average Bonchev–Trinajstić information content (AvgIpc) is 2.89. The highest BCUT2D eigenvalue weighted by Crippen LogP contribution is 2.47. The molecule has 0 radical (unpaired) electrons. The lowest BCUT2D eigenvalue weighted by Crippen LogP contribution is -2.60. The standard InChI is InChI=1S/C26H26O12/c1-10-4-13-19-14(35-10)7-12(28)8-15(19)36-24(11-5-16(33-2)20(29)17(6-11)34-3)25(13)38-26-23(32)22(31)21(30)18(9-27)37-26/h4-8,18,21-23,26-27,29-32H,9H2,1-3H3/p+1. The van der Waals surface area contributed by atoms with Crippen LogP contribution in [0.1, 0.15) is 5.76 Å². The molecule has 0 spiro atoms. The number of methoxy groups -OCH3 is 2. The average molecular weight is 531 g/mol. The van der Waals surface area contributed by atoms with Gasteiger partial charge in [-0.1, -0.05) is 0 Å². The molecule has 4 aromatic rings. The van der Waals surface area contributed by atoms with Gasteiger partial charge in [0.15, 0.2) is 23.0 Å². The van der Waals surface area contributed by atoms with Gasteiger partial charge in [-0.2, -0.15) is 0 Å². The molecule has 0 amide bonds. The molecule has 1 aliphatic heterocycles. The van der Waals surface area contributed by atoms with Gasteiger partial charge in [-0.15, -0.1) is 0 Å². The smallest absolute Gasteiger partial charge is 0.347 e. The second-order valence-electron chi connectivity index (χ2n) is 8.89. The second kappa shape index (κ2) is 9.82. The number of phenols is 1. The molecule has 0 aliphatic carbocycles. The van der Waals surface area contributed by atoms with E-state index in [4.69, 9.17) is 27.8 Å². The summed E-state index contributed by atoms with van der Waals surface area (Å²) in [5.74, 6) is 0.416. The molecule has 5 atom stereocenters. The summed E-state index contributed by atoms with van der Waals surface area (Å²) in [6.07, 6.45) is -7.70. The van der Waals surface area contributed by atoms with Crippen molar-refractivity contribution in [2.75, 3.05) is 20.8 Å². The van der Waals surface area contributed by atoms with E-state index in [1.807, 2.05) is 0 Å². The van der Waals surface area contributed by atoms with Crippen LogP contribution in [0.15, 0.2) is 39.2 Å². The predicted molar refractivity (Wildman–Crippen MR) is 130 cm³/mol. The van der Waals surface area contributed by atoms with Gasteiger partial charge in [0.25, 0.3) is 0 Å². The van der Waals surface area contributed by atoms with Crippen LogP contribution in [0, 0.1) is 6.92 Å². The fourth-order valence-electron chi connectivity index (χ4n) is 4.55. The molecule has 0 bridgehead atoms. The maximum Gasteiger partial charge on any atom is 0.347 e. The predicted octanol–water partition coefficient (Wildman–Crippen LogP) is 1.06. The number of aromatic hydroxyl groups is 1. The summed E-state index contributed by atoms with van der Waals surface area (Å²) in [6.45, 7) is 1.04. The van der Waals surface area contributed by atoms with Crippen LogP contribution in [0.25, 0.3) is 33.3 Å². The van der Waals surface area contributed by atoms with Crippen LogP contribution in [-0.2, 0) is 4.74 Å². The summed E-state index contributed by atoms with van der Waals surface area (Å²) in [5.41, 5.74) is 0.703. The normalized spacial score (nSPS) is 23.6. The number of phenolic OH excluding ortho intramolecular Hbond substituents is 1. The summed E-state index contributed by atoms with van der Waals surface area (Å²) in [4.78, 5) is 10.3. The van der Waals surface area contributed by atoms with Crippen molar-refractivity contribution >= 4 is 21.9 Å². The molecular formula is C26H27O12+. The maximum absolute atomic E-state index is 10.7. The van der Waals surface area contributed by atoms with Crippen LogP contribution in [0.4, 0.5) is 0 Å². The molecule has 38 heavy (non-hydrogen) atoms. The molecule has 1 fully saturated rings. The zero-order valence-corrected chi connectivity index (χ0v) is 20.6. The Morgan fingerprint density at radius 2 is 1.53 bits per heavy atom. The molecule has 1 saturated heterocycles. The number of aliphatic hydroxyl groups excluding tert-OH is 4. The number of aryl methyl sites for hydroxylation is 1. The second-order valence-corrected chi connectivity index (χ2v) is 8.89. The molecular weight excluding hydrogens is 504 g/mol. The number of benzene rings is 2. The van der Waals surface area contributed by atoms with Gasteiger partial charge < -0.3 is 53.3 Å². The third kappa shape index (κ3) is 4.22. The molecule has 12 heteroatoms. The van der Waals surface area contributed by atoms with Crippen molar-refractivity contribution in [3.63, 3.8) is 0 Å². The minimum Gasteiger partial charge on any atom is -0.502 e. The lowest BCUT2D eigenvalue weighted by molar-refractivity contribution is -0.277. The van der Waals surface area contributed by atoms with Crippen LogP contribution >= 0.6 is 0 Å². The highest BCUT2D eigenvalue weighted by molar-refractivity contribution is 6.09. The molecule has 1 aliphatic rings. The molecule has 5 rings (SSSR count). The van der Waals surface area contributed by atoms with Gasteiger partial charge in [0.1, 0.15) is 41.3 Å². The summed E-state index contributed by atoms with van der Waals surface area (Å²) in [6, 6.07) is 7.38. The molecule has 6 N–H and O–H groups in total. The van der Waals surface area contributed by atoms with Crippen molar-refractivity contribution in [2.45, 2.75) is 37.6 Å². The zero-order chi connectivity index (χ0) is 27.3. The van der Waals surface area contributed by atoms with Gasteiger partial charge in [0, 0.05) is 10.9 Å². The van der Waals surface area contributed by atoms with Crippen LogP contribution in [0.2, 0.25) is 0 Å². The van der Waals surface area contributed by atoms with E-state index in [1.165, 1.54) is 38.5 Å². The Balaban J connectivity index is 1.80. The Hall–Kier alpha value is -3.81. The quantitative estimate of drug-likeness (QED) is 0.224. The molecule has 2 aromatic heterocycles. The first-order chi connectivity index (χ1) is 18.2. The lowest BCUT2D eigenvalue weighted by Gasteiger charge is -2.39. The van der Waals surface area contributed by atoms with Crippen molar-refractivity contribution in [1.82, 2.24) is 0 Å². The number of hydrogen-bond acceptors (Lipinski definition) is 11. The SMILES string of the molecule is COc1cc(-c2oc3cc(=[OH+])cc4oc(C)cc(c2OC2OC(CO)C(O)C(O)C2O)c43)cc(OC)c1O. The fraction of sp³-hybridized carbons (Fsp3) is 0.346. The largest absolute Gasteiger partial charge is 0.502 e. The Morgan fingerprint density at radius 3 is 2.13 bits per heavy atom. The van der Waals surface area contributed by atoms with E-state index < -0.39 is 37.3 Å². The van der Waals surface area contributed by atoms with Crippen molar-refractivity contribution in [3.8, 4) is 34.3 Å². The van der Waals surface area contributed by atoms with Crippen LogP contribution in [0.5, 0.6) is 23.0 Å². The molecule has 12 nitrogen and oxygen atoms in total. The molecule has 3 heterocycles. The van der Waals surface area contributed by atoms with Crippen LogP contribution < -0.4 is 19.6 Å².